The summed E-state index contributed by atoms with van der Waals surface area (Å²) in [5.74, 6) is -0.251. The van der Waals surface area contributed by atoms with E-state index in [2.05, 4.69) is 6.58 Å². The Hall–Kier alpha value is -2.83. The molecule has 0 spiro atoms. The Morgan fingerprint density at radius 3 is 2.71 bits per heavy atom. The molecule has 0 bridgehead atoms. The molecule has 3 rings (SSSR count). The highest BCUT2D eigenvalue weighted by atomic mass is 16.6. The molecule has 7 nitrogen and oxygen atoms in total. The van der Waals surface area contributed by atoms with Crippen molar-refractivity contribution in [1.82, 2.24) is 4.90 Å². The summed E-state index contributed by atoms with van der Waals surface area (Å²) in [6.45, 7) is 4.88. The topological polar surface area (TPSA) is 92.9 Å². The van der Waals surface area contributed by atoms with Crippen molar-refractivity contribution in [2.75, 3.05) is 24.5 Å². The van der Waals surface area contributed by atoms with Gasteiger partial charge in [-0.3, -0.25) is 9.59 Å². The predicted molar refractivity (Wildman–Crippen MR) is 87.7 cm³/mol. The average Bonchev–Trinajstić information content (AvgIpc) is 2.55. The number of carbonyl (C=O) groups excluding carboxylic acids is 3. The number of aryl methyl sites for hydroxylation is 1. The Balaban J connectivity index is 1.72. The fourth-order valence-electron chi connectivity index (χ4n) is 3.09. The maximum absolute atomic E-state index is 12.5. The average molecular weight is 329 g/mol. The van der Waals surface area contributed by atoms with Crippen molar-refractivity contribution in [2.24, 2.45) is 5.73 Å². The molecule has 0 radical (unpaired) electrons. The number of amides is 3. The number of rotatable bonds is 3. The molecular formula is C17H19N3O4. The predicted octanol–water partition coefficient (Wildman–Crippen LogP) is 1.07. The van der Waals surface area contributed by atoms with Crippen LogP contribution >= 0.6 is 0 Å². The highest BCUT2D eigenvalue weighted by Crippen LogP contribution is 2.29. The van der Waals surface area contributed by atoms with Crippen LogP contribution in [0.2, 0.25) is 0 Å². The van der Waals surface area contributed by atoms with Crippen LogP contribution in [0, 0.1) is 0 Å². The summed E-state index contributed by atoms with van der Waals surface area (Å²) in [5, 5.41) is 0. The standard InChI is InChI=1S/C17H19N3O4/c1-2-15(21)20-7-3-4-11-8-12(5-6-14(11)20)16(22)19-9-13(10-19)24-17(18)23/h2,5-6,8,13H,1,3-4,7,9-10H2,(H2,18,23). The van der Waals surface area contributed by atoms with E-state index in [4.69, 9.17) is 10.5 Å². The lowest BCUT2D eigenvalue weighted by Crippen LogP contribution is -2.55. The van der Waals surface area contributed by atoms with Crippen LogP contribution in [0.25, 0.3) is 0 Å². The largest absolute Gasteiger partial charge is 0.443 e. The molecule has 2 aliphatic rings. The van der Waals surface area contributed by atoms with Crippen molar-refractivity contribution >= 4 is 23.6 Å². The maximum atomic E-state index is 12.5. The fraction of sp³-hybridized carbons (Fsp3) is 0.353. The number of likely N-dealkylation sites (tertiary alicyclic amines) is 1. The van der Waals surface area contributed by atoms with Crippen molar-refractivity contribution in [3.63, 3.8) is 0 Å². The number of ether oxygens (including phenoxy) is 1. The van der Waals surface area contributed by atoms with Gasteiger partial charge in [-0.1, -0.05) is 6.58 Å². The van der Waals surface area contributed by atoms with Crippen LogP contribution in [0.3, 0.4) is 0 Å². The third-order valence-electron chi connectivity index (χ3n) is 4.30. The fourth-order valence-corrected chi connectivity index (χ4v) is 3.09. The van der Waals surface area contributed by atoms with E-state index in [-0.39, 0.29) is 17.9 Å². The summed E-state index contributed by atoms with van der Waals surface area (Å²) in [6, 6.07) is 5.36. The van der Waals surface area contributed by atoms with Crippen LogP contribution in [0.5, 0.6) is 0 Å². The molecule has 1 fully saturated rings. The van der Waals surface area contributed by atoms with Gasteiger partial charge in [-0.05, 0) is 42.7 Å². The lowest BCUT2D eigenvalue weighted by Gasteiger charge is -2.38. The first kappa shape index (κ1) is 16.0. The van der Waals surface area contributed by atoms with Gasteiger partial charge in [0.1, 0.15) is 6.10 Å². The van der Waals surface area contributed by atoms with Crippen LogP contribution in [0.1, 0.15) is 22.3 Å². The normalized spacial score (nSPS) is 16.8. The molecule has 1 saturated heterocycles. The third-order valence-corrected chi connectivity index (χ3v) is 4.30. The van der Waals surface area contributed by atoms with Crippen molar-refractivity contribution in [2.45, 2.75) is 18.9 Å². The van der Waals surface area contributed by atoms with Crippen LogP contribution in [0.4, 0.5) is 10.5 Å². The van der Waals surface area contributed by atoms with E-state index in [1.165, 1.54) is 6.08 Å². The van der Waals surface area contributed by atoms with E-state index in [1.54, 1.807) is 21.9 Å². The molecule has 1 aromatic carbocycles. The summed E-state index contributed by atoms with van der Waals surface area (Å²) in [6.07, 6.45) is 1.82. The van der Waals surface area contributed by atoms with Gasteiger partial charge >= 0.3 is 6.09 Å². The highest BCUT2D eigenvalue weighted by Gasteiger charge is 2.34. The summed E-state index contributed by atoms with van der Waals surface area (Å²) < 4.78 is 4.84. The molecular weight excluding hydrogens is 310 g/mol. The minimum atomic E-state index is -0.826. The lowest BCUT2D eigenvalue weighted by atomic mass is 9.98. The number of primary amides is 1. The number of hydrogen-bond donors (Lipinski definition) is 1. The van der Waals surface area contributed by atoms with Crippen molar-refractivity contribution in [3.8, 4) is 0 Å². The molecule has 0 aliphatic carbocycles. The molecule has 0 unspecified atom stereocenters. The number of fused-ring (bicyclic) bond motifs is 1. The van der Waals surface area contributed by atoms with E-state index >= 15 is 0 Å². The first-order chi connectivity index (χ1) is 11.5. The molecule has 0 atom stereocenters. The molecule has 126 valence electrons. The number of nitrogens with zero attached hydrogens (tertiary/aromatic N) is 2. The molecule has 0 saturated carbocycles. The van der Waals surface area contributed by atoms with Gasteiger partial charge in [0.15, 0.2) is 0 Å². The van der Waals surface area contributed by atoms with Crippen molar-refractivity contribution in [1.29, 1.82) is 0 Å². The number of hydrogen-bond acceptors (Lipinski definition) is 4. The third kappa shape index (κ3) is 2.97. The molecule has 3 amide bonds. The maximum Gasteiger partial charge on any atom is 0.404 e. The first-order valence-electron chi connectivity index (χ1n) is 7.82. The molecule has 24 heavy (non-hydrogen) atoms. The van der Waals surface area contributed by atoms with Gasteiger partial charge in [-0.2, -0.15) is 0 Å². The zero-order chi connectivity index (χ0) is 17.3. The monoisotopic (exact) mass is 329 g/mol. The molecule has 1 aromatic rings. The van der Waals surface area contributed by atoms with Gasteiger partial charge in [-0.15, -0.1) is 0 Å². The van der Waals surface area contributed by atoms with Crippen LogP contribution < -0.4 is 10.6 Å². The summed E-state index contributed by atoms with van der Waals surface area (Å²) >= 11 is 0. The Bertz CT molecular complexity index is 710. The highest BCUT2D eigenvalue weighted by molar-refractivity contribution is 6.02. The molecule has 2 heterocycles. The SMILES string of the molecule is C=CC(=O)N1CCCc2cc(C(=O)N3CC(OC(N)=O)C3)ccc21. The molecule has 2 N–H and O–H groups in total. The minimum Gasteiger partial charge on any atom is -0.443 e. The van der Waals surface area contributed by atoms with E-state index < -0.39 is 6.09 Å². The van der Waals surface area contributed by atoms with Crippen LogP contribution in [-0.4, -0.2) is 48.5 Å². The second-order valence-corrected chi connectivity index (χ2v) is 5.91. The minimum absolute atomic E-state index is 0.116. The Labute approximate surface area is 139 Å². The van der Waals surface area contributed by atoms with Crippen LogP contribution in [0.15, 0.2) is 30.9 Å². The Morgan fingerprint density at radius 1 is 1.29 bits per heavy atom. The van der Waals surface area contributed by atoms with Gasteiger partial charge in [-0.25, -0.2) is 4.79 Å². The number of anilines is 1. The van der Waals surface area contributed by atoms with Crippen molar-refractivity contribution < 1.29 is 19.1 Å². The zero-order valence-electron chi connectivity index (χ0n) is 13.2. The molecule has 7 heteroatoms. The summed E-state index contributed by atoms with van der Waals surface area (Å²) in [5.41, 5.74) is 7.34. The van der Waals surface area contributed by atoms with Gasteiger partial charge in [0.25, 0.3) is 5.91 Å². The Morgan fingerprint density at radius 2 is 2.04 bits per heavy atom. The number of benzene rings is 1. The first-order valence-corrected chi connectivity index (χ1v) is 7.82. The zero-order valence-corrected chi connectivity index (χ0v) is 13.2. The molecule has 0 aromatic heterocycles. The van der Waals surface area contributed by atoms with E-state index in [1.807, 2.05) is 6.07 Å². The number of nitrogens with two attached hydrogens (primary N) is 1. The smallest absolute Gasteiger partial charge is 0.404 e. The second kappa shape index (κ2) is 6.35. The number of carbonyl (C=O) groups is 3. The van der Waals surface area contributed by atoms with E-state index in [9.17, 15) is 14.4 Å². The summed E-state index contributed by atoms with van der Waals surface area (Å²) in [4.78, 5) is 38.4. The van der Waals surface area contributed by atoms with Gasteiger partial charge < -0.3 is 20.3 Å². The van der Waals surface area contributed by atoms with Crippen molar-refractivity contribution in [3.05, 3.63) is 42.0 Å². The second-order valence-electron chi connectivity index (χ2n) is 5.91. The lowest BCUT2D eigenvalue weighted by molar-refractivity contribution is -0.114. The van der Waals surface area contributed by atoms with Gasteiger partial charge in [0, 0.05) is 17.8 Å². The summed E-state index contributed by atoms with van der Waals surface area (Å²) in [7, 11) is 0. The van der Waals surface area contributed by atoms with E-state index in [0.717, 1.165) is 24.1 Å². The Kier molecular flexibility index (Phi) is 4.24. The van der Waals surface area contributed by atoms with Crippen LogP contribution in [-0.2, 0) is 16.0 Å². The quantitative estimate of drug-likeness (QED) is 0.840. The van der Waals surface area contributed by atoms with Gasteiger partial charge in [0.2, 0.25) is 5.91 Å². The molecule has 2 aliphatic heterocycles. The van der Waals surface area contributed by atoms with Gasteiger partial charge in [0.05, 0.1) is 13.1 Å². The van der Waals surface area contributed by atoms with E-state index in [0.29, 0.717) is 25.2 Å².